The van der Waals surface area contributed by atoms with Crippen LogP contribution in [0.3, 0.4) is 0 Å². The Morgan fingerprint density at radius 3 is 2.21 bits per heavy atom. The van der Waals surface area contributed by atoms with Gasteiger partial charge in [-0.1, -0.05) is 48.0 Å². The monoisotopic (exact) mass is 619 g/mol. The number of pyridine rings is 1. The number of fused-ring (bicyclic) bond motifs is 1. The van der Waals surface area contributed by atoms with E-state index in [1.165, 1.54) is 11.1 Å². The lowest BCUT2D eigenvalue weighted by Crippen LogP contribution is -2.53. The lowest BCUT2D eigenvalue weighted by Gasteiger charge is -2.40. The van der Waals surface area contributed by atoms with Crippen molar-refractivity contribution in [3.8, 4) is 0 Å². The van der Waals surface area contributed by atoms with Gasteiger partial charge in [-0.3, -0.25) is 14.6 Å². The molecule has 2 unspecified atom stereocenters. The standard InChI is InChI=1S/C31H24ClF6N3O2/c32-23-7-5-18(6-8-23)13-25-17-24(40-28(42)27-26-4-2-1-3-19(26)9-11-39-27)10-12-41(25)29(43)20-14-21(30(33,34)35)16-22(15-20)31(36,37)38/h1-9,11,14-16,24-25H,10,12-13,17H2,(H,40,42). The Morgan fingerprint density at radius 1 is 0.907 bits per heavy atom. The molecule has 2 heterocycles. The molecule has 0 saturated carbocycles. The van der Waals surface area contributed by atoms with Crippen molar-refractivity contribution in [3.63, 3.8) is 0 Å². The Bertz CT molecular complexity index is 1620. The third-order valence-corrected chi connectivity index (χ3v) is 7.67. The average Bonchev–Trinajstić information content (AvgIpc) is 2.96. The highest BCUT2D eigenvalue weighted by Crippen LogP contribution is 2.37. The number of aromatic nitrogens is 1. The number of amides is 2. The first kappa shape index (κ1) is 30.3. The molecular weight excluding hydrogens is 596 g/mol. The van der Waals surface area contributed by atoms with Gasteiger partial charge in [0.2, 0.25) is 0 Å². The molecule has 5 rings (SSSR count). The smallest absolute Gasteiger partial charge is 0.348 e. The summed E-state index contributed by atoms with van der Waals surface area (Å²) in [5.74, 6) is -1.39. The number of rotatable bonds is 5. The van der Waals surface area contributed by atoms with Gasteiger partial charge in [-0.25, -0.2) is 0 Å². The Morgan fingerprint density at radius 2 is 1.56 bits per heavy atom. The Hall–Kier alpha value is -4.12. The van der Waals surface area contributed by atoms with Gasteiger partial charge in [0.25, 0.3) is 11.8 Å². The van der Waals surface area contributed by atoms with Gasteiger partial charge in [0.15, 0.2) is 0 Å². The van der Waals surface area contributed by atoms with Crippen molar-refractivity contribution in [3.05, 3.63) is 112 Å². The number of carbonyl (C=O) groups is 2. The number of nitrogens with zero attached hydrogens (tertiary/aromatic N) is 2. The van der Waals surface area contributed by atoms with Crippen molar-refractivity contribution < 1.29 is 35.9 Å². The quantitative estimate of drug-likeness (QED) is 0.234. The first-order valence-corrected chi connectivity index (χ1v) is 13.7. The molecule has 224 valence electrons. The third kappa shape index (κ3) is 6.93. The Labute approximate surface area is 247 Å². The van der Waals surface area contributed by atoms with E-state index in [-0.39, 0.29) is 37.6 Å². The van der Waals surface area contributed by atoms with E-state index in [4.69, 9.17) is 11.6 Å². The summed E-state index contributed by atoms with van der Waals surface area (Å²) >= 11 is 6.00. The van der Waals surface area contributed by atoms with Gasteiger partial charge in [0.05, 0.1) is 11.1 Å². The molecule has 2 atom stereocenters. The van der Waals surface area contributed by atoms with Crippen LogP contribution >= 0.6 is 11.6 Å². The lowest BCUT2D eigenvalue weighted by atomic mass is 9.91. The summed E-state index contributed by atoms with van der Waals surface area (Å²) in [4.78, 5) is 32.3. The van der Waals surface area contributed by atoms with Gasteiger partial charge >= 0.3 is 12.4 Å². The SMILES string of the molecule is O=C(NC1CCN(C(=O)c2cc(C(F)(F)F)cc(C(F)(F)F)c2)C(Cc2ccc(Cl)cc2)C1)c1nccc2ccccc12. The lowest BCUT2D eigenvalue weighted by molar-refractivity contribution is -0.143. The number of piperidine rings is 1. The highest BCUT2D eigenvalue weighted by Gasteiger charge is 2.39. The summed E-state index contributed by atoms with van der Waals surface area (Å²) in [6.45, 7) is -0.0113. The summed E-state index contributed by atoms with van der Waals surface area (Å²) in [6.07, 6.45) is -8.00. The zero-order valence-corrected chi connectivity index (χ0v) is 23.1. The molecule has 0 aliphatic carbocycles. The zero-order chi connectivity index (χ0) is 30.9. The van der Waals surface area contributed by atoms with E-state index in [0.717, 1.165) is 10.9 Å². The second-order valence-corrected chi connectivity index (χ2v) is 10.8. The minimum atomic E-state index is -5.09. The predicted octanol–water partition coefficient (Wildman–Crippen LogP) is 7.57. The van der Waals surface area contributed by atoms with Crippen molar-refractivity contribution >= 4 is 34.2 Å². The van der Waals surface area contributed by atoms with Crippen LogP contribution in [-0.4, -0.2) is 40.3 Å². The number of nitrogens with one attached hydrogen (secondary N) is 1. The normalized spacial score (nSPS) is 17.6. The summed E-state index contributed by atoms with van der Waals surface area (Å²) in [5, 5.41) is 4.89. The topological polar surface area (TPSA) is 62.3 Å². The molecule has 1 N–H and O–H groups in total. The fourth-order valence-corrected chi connectivity index (χ4v) is 5.46. The van der Waals surface area contributed by atoms with Gasteiger partial charge in [0, 0.05) is 40.8 Å². The largest absolute Gasteiger partial charge is 0.416 e. The number of benzene rings is 3. The van der Waals surface area contributed by atoms with Crippen LogP contribution in [0.1, 0.15) is 50.4 Å². The second-order valence-electron chi connectivity index (χ2n) is 10.4. The molecule has 12 heteroatoms. The van der Waals surface area contributed by atoms with Crippen LogP contribution in [0.5, 0.6) is 0 Å². The zero-order valence-electron chi connectivity index (χ0n) is 22.3. The number of carbonyl (C=O) groups excluding carboxylic acids is 2. The number of hydrogen-bond donors (Lipinski definition) is 1. The van der Waals surface area contributed by atoms with Gasteiger partial charge in [-0.15, -0.1) is 0 Å². The molecule has 1 aromatic heterocycles. The van der Waals surface area contributed by atoms with E-state index in [0.29, 0.717) is 22.5 Å². The third-order valence-electron chi connectivity index (χ3n) is 7.42. The van der Waals surface area contributed by atoms with Gasteiger partial charge in [-0.05, 0) is 66.6 Å². The highest BCUT2D eigenvalue weighted by atomic mass is 35.5. The van der Waals surface area contributed by atoms with Crippen LogP contribution in [0.4, 0.5) is 26.3 Å². The minimum absolute atomic E-state index is 0.00887. The van der Waals surface area contributed by atoms with Crippen LogP contribution in [-0.2, 0) is 18.8 Å². The molecular formula is C31H24ClF6N3O2. The molecule has 5 nitrogen and oxygen atoms in total. The molecule has 0 bridgehead atoms. The summed E-state index contributed by atoms with van der Waals surface area (Å²) in [6, 6.07) is 15.5. The Kier molecular flexibility index (Phi) is 8.38. The van der Waals surface area contributed by atoms with Gasteiger partial charge in [0.1, 0.15) is 5.69 Å². The maximum atomic E-state index is 13.6. The van der Waals surface area contributed by atoms with Gasteiger partial charge < -0.3 is 10.2 Å². The van der Waals surface area contributed by atoms with Crippen LogP contribution in [0.15, 0.2) is 79.0 Å². The second kappa shape index (κ2) is 11.9. The Balaban J connectivity index is 1.44. The molecule has 1 aliphatic heterocycles. The molecule has 1 fully saturated rings. The van der Waals surface area contributed by atoms with Crippen molar-refractivity contribution in [2.45, 2.75) is 43.7 Å². The average molecular weight is 620 g/mol. The predicted molar refractivity (Wildman–Crippen MR) is 149 cm³/mol. The number of hydrogen-bond acceptors (Lipinski definition) is 3. The van der Waals surface area contributed by atoms with E-state index in [9.17, 15) is 35.9 Å². The molecule has 43 heavy (non-hydrogen) atoms. The van der Waals surface area contributed by atoms with Crippen molar-refractivity contribution in [2.75, 3.05) is 6.54 Å². The van der Waals surface area contributed by atoms with Crippen LogP contribution < -0.4 is 5.32 Å². The maximum Gasteiger partial charge on any atom is 0.416 e. The van der Waals surface area contributed by atoms with Crippen LogP contribution in [0.25, 0.3) is 10.8 Å². The molecule has 4 aromatic rings. The van der Waals surface area contributed by atoms with E-state index < -0.39 is 52.9 Å². The van der Waals surface area contributed by atoms with Crippen molar-refractivity contribution in [2.24, 2.45) is 0 Å². The van der Waals surface area contributed by atoms with Crippen molar-refractivity contribution in [1.82, 2.24) is 15.2 Å². The molecule has 0 radical (unpaired) electrons. The highest BCUT2D eigenvalue weighted by molar-refractivity contribution is 6.30. The summed E-state index contributed by atoms with van der Waals surface area (Å²) in [5.41, 5.74) is -2.88. The minimum Gasteiger partial charge on any atom is -0.348 e. The summed E-state index contributed by atoms with van der Waals surface area (Å²) < 4.78 is 81.0. The molecule has 0 spiro atoms. The van der Waals surface area contributed by atoms with E-state index >= 15 is 0 Å². The van der Waals surface area contributed by atoms with Crippen LogP contribution in [0.2, 0.25) is 5.02 Å². The van der Waals surface area contributed by atoms with Crippen LogP contribution in [0, 0.1) is 0 Å². The fourth-order valence-electron chi connectivity index (χ4n) is 5.33. The molecule has 1 saturated heterocycles. The van der Waals surface area contributed by atoms with Gasteiger partial charge in [-0.2, -0.15) is 26.3 Å². The molecule has 2 amide bonds. The molecule has 1 aliphatic rings. The van der Waals surface area contributed by atoms with E-state index in [1.807, 2.05) is 12.1 Å². The molecule has 3 aromatic carbocycles. The number of likely N-dealkylation sites (tertiary alicyclic amines) is 1. The van der Waals surface area contributed by atoms with Crippen molar-refractivity contribution in [1.29, 1.82) is 0 Å². The number of halogens is 7. The van der Waals surface area contributed by atoms with E-state index in [1.54, 1.807) is 42.5 Å². The first-order chi connectivity index (χ1) is 20.3. The maximum absolute atomic E-state index is 13.6. The fraction of sp³-hybridized carbons (Fsp3) is 0.258. The van der Waals surface area contributed by atoms with E-state index in [2.05, 4.69) is 10.3 Å². The number of alkyl halides is 6. The first-order valence-electron chi connectivity index (χ1n) is 13.3. The summed E-state index contributed by atoms with van der Waals surface area (Å²) in [7, 11) is 0.